The number of aromatic nitrogens is 2. The fourth-order valence-corrected chi connectivity index (χ4v) is 7.28. The summed E-state index contributed by atoms with van der Waals surface area (Å²) < 4.78 is 33.0. The lowest BCUT2D eigenvalue weighted by atomic mass is 9.94. The van der Waals surface area contributed by atoms with Gasteiger partial charge < -0.3 is 23.7 Å². The average Bonchev–Trinajstić information content (AvgIpc) is 3.73. The van der Waals surface area contributed by atoms with Gasteiger partial charge in [-0.1, -0.05) is 18.7 Å². The molecule has 0 unspecified atom stereocenters. The van der Waals surface area contributed by atoms with E-state index in [1.165, 1.54) is 25.3 Å². The minimum absolute atomic E-state index is 0.163. The number of oxazole rings is 1. The van der Waals surface area contributed by atoms with Crippen LogP contribution in [-0.2, 0) is 35.5 Å². The molecule has 11 heteroatoms. The molecule has 246 valence electrons. The van der Waals surface area contributed by atoms with Crippen LogP contribution in [0.3, 0.4) is 0 Å². The predicted molar refractivity (Wildman–Crippen MR) is 182 cm³/mol. The molecule has 2 aromatic carbocycles. The molecule has 48 heavy (non-hydrogen) atoms. The number of thiophene rings is 1. The van der Waals surface area contributed by atoms with Gasteiger partial charge >= 0.3 is 6.09 Å². The van der Waals surface area contributed by atoms with Crippen LogP contribution in [-0.4, -0.2) is 57.6 Å². The molecule has 0 aliphatic carbocycles. The SMILES string of the molecule is C=CC(=O)N1CCc2oc(-c3nc(-c4ccc5c(c4)CCN(C(=O)OC(C)(C)C)C5)c4ccsc4c3-c3ccc(F)cc3OC)nc2C1. The van der Waals surface area contributed by atoms with Crippen molar-refractivity contribution >= 4 is 33.4 Å². The largest absolute Gasteiger partial charge is 0.496 e. The number of methoxy groups -OCH3 is 1. The summed E-state index contributed by atoms with van der Waals surface area (Å²) >= 11 is 1.55. The lowest BCUT2D eigenvalue weighted by Crippen LogP contribution is -2.39. The van der Waals surface area contributed by atoms with Gasteiger partial charge in [0.1, 0.15) is 34.3 Å². The average molecular weight is 667 g/mol. The van der Waals surface area contributed by atoms with Gasteiger partial charge in [-0.15, -0.1) is 11.3 Å². The topological polar surface area (TPSA) is 98.0 Å². The molecular formula is C37H35FN4O5S. The first kappa shape index (κ1) is 31.6. The van der Waals surface area contributed by atoms with Crippen molar-refractivity contribution in [2.75, 3.05) is 20.2 Å². The molecule has 2 amide bonds. The third kappa shape index (κ3) is 5.83. The highest BCUT2D eigenvalue weighted by atomic mass is 32.1. The Morgan fingerprint density at radius 2 is 1.81 bits per heavy atom. The Balaban J connectivity index is 1.36. The molecule has 9 nitrogen and oxygen atoms in total. The molecule has 0 radical (unpaired) electrons. The molecule has 7 rings (SSSR count). The number of carbonyl (C=O) groups excluding carboxylic acids is 2. The number of fused-ring (bicyclic) bond motifs is 3. The maximum atomic E-state index is 14.4. The molecule has 0 fully saturated rings. The third-order valence-electron chi connectivity index (χ3n) is 8.60. The lowest BCUT2D eigenvalue weighted by Gasteiger charge is -2.31. The second-order valence-corrected chi connectivity index (χ2v) is 13.8. The van der Waals surface area contributed by atoms with Crippen LogP contribution < -0.4 is 4.74 Å². The van der Waals surface area contributed by atoms with E-state index in [0.29, 0.717) is 73.4 Å². The number of hydrogen-bond acceptors (Lipinski definition) is 8. The van der Waals surface area contributed by atoms with E-state index < -0.39 is 11.4 Å². The number of carbonyl (C=O) groups is 2. The highest BCUT2D eigenvalue weighted by molar-refractivity contribution is 7.18. The highest BCUT2D eigenvalue weighted by Crippen LogP contribution is 2.46. The fraction of sp³-hybridized carbons (Fsp3) is 0.297. The van der Waals surface area contributed by atoms with Gasteiger partial charge in [-0.05, 0) is 74.0 Å². The summed E-state index contributed by atoms with van der Waals surface area (Å²) in [6.07, 6.45) is 2.17. The number of rotatable bonds is 5. The Labute approximate surface area is 281 Å². The van der Waals surface area contributed by atoms with Gasteiger partial charge in [-0.25, -0.2) is 19.2 Å². The van der Waals surface area contributed by atoms with Crippen molar-refractivity contribution in [2.45, 2.75) is 52.3 Å². The Hall–Kier alpha value is -5.03. The first-order valence-electron chi connectivity index (χ1n) is 15.8. The van der Waals surface area contributed by atoms with E-state index in [-0.39, 0.29) is 12.0 Å². The molecule has 0 saturated heterocycles. The molecule has 0 saturated carbocycles. The molecule has 2 aliphatic heterocycles. The summed E-state index contributed by atoms with van der Waals surface area (Å²) in [5.74, 6) is 0.804. The molecule has 0 atom stereocenters. The van der Waals surface area contributed by atoms with E-state index in [1.807, 2.05) is 44.4 Å². The standard InChI is InChI=1S/C37H35FN4O5S/c1-6-30(43)41-15-12-28-27(20-41)39-35(46-28)33-31(25-10-9-24(38)18-29(25)45-5)34-26(13-16-48-34)32(40-33)22-7-8-23-19-42(14-11-21(23)17-22)36(44)47-37(2,3)4/h6-10,13,16-18H,1,11-12,14-15,19-20H2,2-5H3. The molecule has 5 heterocycles. The summed E-state index contributed by atoms with van der Waals surface area (Å²) in [4.78, 5) is 38.7. The van der Waals surface area contributed by atoms with E-state index >= 15 is 0 Å². The van der Waals surface area contributed by atoms with Crippen LogP contribution in [0.4, 0.5) is 9.18 Å². The number of benzene rings is 2. The summed E-state index contributed by atoms with van der Waals surface area (Å²) in [5, 5.41) is 2.94. The van der Waals surface area contributed by atoms with Crippen molar-refractivity contribution in [3.63, 3.8) is 0 Å². The number of nitrogens with zero attached hydrogens (tertiary/aromatic N) is 4. The minimum Gasteiger partial charge on any atom is -0.496 e. The van der Waals surface area contributed by atoms with Gasteiger partial charge in [0, 0.05) is 58.9 Å². The van der Waals surface area contributed by atoms with Gasteiger partial charge in [-0.2, -0.15) is 0 Å². The van der Waals surface area contributed by atoms with E-state index in [0.717, 1.165) is 38.0 Å². The molecule has 0 spiro atoms. The normalized spacial score (nSPS) is 14.4. The van der Waals surface area contributed by atoms with Crippen LogP contribution in [0.15, 0.2) is 64.9 Å². The summed E-state index contributed by atoms with van der Waals surface area (Å²) in [6.45, 7) is 11.0. The highest BCUT2D eigenvalue weighted by Gasteiger charge is 2.30. The number of pyridine rings is 1. The Bertz CT molecular complexity index is 2100. The molecule has 0 bridgehead atoms. The van der Waals surface area contributed by atoms with Crippen LogP contribution in [0, 0.1) is 5.82 Å². The molecular weight excluding hydrogens is 631 g/mol. The fourth-order valence-electron chi connectivity index (χ4n) is 6.32. The number of halogens is 1. The zero-order valence-corrected chi connectivity index (χ0v) is 28.1. The minimum atomic E-state index is -0.564. The van der Waals surface area contributed by atoms with Gasteiger partial charge in [0.05, 0.1) is 19.3 Å². The summed E-state index contributed by atoms with van der Waals surface area (Å²) in [6, 6.07) is 12.7. The number of amides is 2. The second kappa shape index (κ2) is 12.2. The van der Waals surface area contributed by atoms with Crippen LogP contribution in [0.1, 0.15) is 43.4 Å². The summed E-state index contributed by atoms with van der Waals surface area (Å²) in [7, 11) is 1.51. The monoisotopic (exact) mass is 666 g/mol. The quantitative estimate of drug-likeness (QED) is 0.177. The van der Waals surface area contributed by atoms with Crippen molar-refractivity contribution in [1.82, 2.24) is 19.8 Å². The third-order valence-corrected chi connectivity index (χ3v) is 9.53. The lowest BCUT2D eigenvalue weighted by molar-refractivity contribution is -0.127. The second-order valence-electron chi connectivity index (χ2n) is 12.9. The Morgan fingerprint density at radius 3 is 2.58 bits per heavy atom. The number of ether oxygens (including phenoxy) is 2. The van der Waals surface area contributed by atoms with Crippen molar-refractivity contribution in [3.8, 4) is 39.7 Å². The van der Waals surface area contributed by atoms with Crippen molar-refractivity contribution < 1.29 is 27.9 Å². The van der Waals surface area contributed by atoms with Crippen LogP contribution in [0.25, 0.3) is 44.1 Å². The van der Waals surface area contributed by atoms with Crippen LogP contribution in [0.2, 0.25) is 0 Å². The van der Waals surface area contributed by atoms with Gasteiger partial charge in [0.25, 0.3) is 0 Å². The van der Waals surface area contributed by atoms with Gasteiger partial charge in [0.2, 0.25) is 11.8 Å². The van der Waals surface area contributed by atoms with Crippen molar-refractivity contribution in [1.29, 1.82) is 0 Å². The smallest absolute Gasteiger partial charge is 0.410 e. The van der Waals surface area contributed by atoms with E-state index in [9.17, 15) is 14.0 Å². The molecule has 2 aliphatic rings. The predicted octanol–water partition coefficient (Wildman–Crippen LogP) is 7.80. The molecule has 3 aromatic heterocycles. The zero-order chi connectivity index (χ0) is 33.7. The van der Waals surface area contributed by atoms with Gasteiger partial charge in [0.15, 0.2) is 0 Å². The van der Waals surface area contributed by atoms with Gasteiger partial charge in [-0.3, -0.25) is 4.79 Å². The summed E-state index contributed by atoms with van der Waals surface area (Å²) in [5.41, 5.74) is 5.86. The van der Waals surface area contributed by atoms with E-state index in [2.05, 4.69) is 12.6 Å². The maximum Gasteiger partial charge on any atom is 0.410 e. The molecule has 0 N–H and O–H groups in total. The Morgan fingerprint density at radius 1 is 1.00 bits per heavy atom. The van der Waals surface area contributed by atoms with Crippen molar-refractivity contribution in [2.24, 2.45) is 0 Å². The maximum absolute atomic E-state index is 14.4. The van der Waals surface area contributed by atoms with Crippen LogP contribution in [0.5, 0.6) is 5.75 Å². The van der Waals surface area contributed by atoms with Crippen molar-refractivity contribution in [3.05, 3.63) is 88.9 Å². The number of hydrogen-bond donors (Lipinski definition) is 0. The van der Waals surface area contributed by atoms with E-state index in [1.54, 1.807) is 27.2 Å². The van der Waals surface area contributed by atoms with Crippen LogP contribution >= 0.6 is 11.3 Å². The van der Waals surface area contributed by atoms with E-state index in [4.69, 9.17) is 23.9 Å². The first-order chi connectivity index (χ1) is 23.0. The Kier molecular flexibility index (Phi) is 8.03. The zero-order valence-electron chi connectivity index (χ0n) is 27.3. The first-order valence-corrected chi connectivity index (χ1v) is 16.7. The molecule has 5 aromatic rings.